The number of carbonyl (C=O) groups excluding carboxylic acids is 2. The molecule has 32 heavy (non-hydrogen) atoms. The van der Waals surface area contributed by atoms with Crippen LogP contribution in [0.25, 0.3) is 0 Å². The molecule has 2 amide bonds. The van der Waals surface area contributed by atoms with E-state index in [9.17, 15) is 18.0 Å². The molecular formula is C24H23N3O4S. The Labute approximate surface area is 187 Å². The molecule has 0 aromatic heterocycles. The van der Waals surface area contributed by atoms with E-state index < -0.39 is 15.9 Å². The number of anilines is 3. The van der Waals surface area contributed by atoms with Crippen LogP contribution in [-0.2, 0) is 14.8 Å². The quantitative estimate of drug-likeness (QED) is 0.629. The van der Waals surface area contributed by atoms with Gasteiger partial charge in [0.1, 0.15) is 6.54 Å². The average molecular weight is 450 g/mol. The van der Waals surface area contributed by atoms with Gasteiger partial charge >= 0.3 is 0 Å². The standard InChI is InChI=1S/C24H23N3O4S/c1-15-8-9-16(2)20(12-15)26-32(30,31)22-13-18(11-10-17(22)3)24(29)27-14-23(28)25-19-6-4-5-7-21(19)27/h4-13,26H,14H2,1-3H3,(H,25,28). The lowest BCUT2D eigenvalue weighted by Gasteiger charge is -2.29. The Morgan fingerprint density at radius 2 is 1.69 bits per heavy atom. The summed E-state index contributed by atoms with van der Waals surface area (Å²) in [6.07, 6.45) is 0. The van der Waals surface area contributed by atoms with Crippen LogP contribution in [0, 0.1) is 20.8 Å². The largest absolute Gasteiger partial charge is 0.323 e. The van der Waals surface area contributed by atoms with Gasteiger partial charge in [0.15, 0.2) is 0 Å². The van der Waals surface area contributed by atoms with Crippen molar-refractivity contribution in [3.63, 3.8) is 0 Å². The van der Waals surface area contributed by atoms with Crippen molar-refractivity contribution in [2.45, 2.75) is 25.7 Å². The zero-order valence-corrected chi connectivity index (χ0v) is 18.8. The fourth-order valence-electron chi connectivity index (χ4n) is 3.64. The van der Waals surface area contributed by atoms with Crippen molar-refractivity contribution in [2.75, 3.05) is 21.5 Å². The van der Waals surface area contributed by atoms with Crippen molar-refractivity contribution in [2.24, 2.45) is 0 Å². The van der Waals surface area contributed by atoms with Crippen LogP contribution in [0.1, 0.15) is 27.0 Å². The average Bonchev–Trinajstić information content (AvgIpc) is 2.75. The highest BCUT2D eigenvalue weighted by molar-refractivity contribution is 7.92. The number of carbonyl (C=O) groups is 2. The van der Waals surface area contributed by atoms with Gasteiger partial charge in [-0.25, -0.2) is 8.42 Å². The van der Waals surface area contributed by atoms with Gasteiger partial charge in [0.2, 0.25) is 5.91 Å². The summed E-state index contributed by atoms with van der Waals surface area (Å²) in [5, 5.41) is 2.74. The molecule has 0 unspecified atom stereocenters. The van der Waals surface area contributed by atoms with Crippen LogP contribution < -0.4 is 14.9 Å². The molecule has 0 bridgehead atoms. The third-order valence-corrected chi connectivity index (χ3v) is 6.89. The molecule has 0 spiro atoms. The topological polar surface area (TPSA) is 95.6 Å². The summed E-state index contributed by atoms with van der Waals surface area (Å²) >= 11 is 0. The number of rotatable bonds is 4. The number of sulfonamides is 1. The van der Waals surface area contributed by atoms with Gasteiger partial charge in [-0.2, -0.15) is 0 Å². The Morgan fingerprint density at radius 3 is 2.47 bits per heavy atom. The van der Waals surface area contributed by atoms with Gasteiger partial charge in [-0.3, -0.25) is 19.2 Å². The highest BCUT2D eigenvalue weighted by Gasteiger charge is 2.28. The first-order valence-electron chi connectivity index (χ1n) is 10.1. The number of fused-ring (bicyclic) bond motifs is 1. The Kier molecular flexibility index (Phi) is 5.48. The van der Waals surface area contributed by atoms with E-state index >= 15 is 0 Å². The molecule has 0 saturated carbocycles. The van der Waals surface area contributed by atoms with Crippen LogP contribution in [0.15, 0.2) is 65.6 Å². The molecule has 2 N–H and O–H groups in total. The molecule has 3 aromatic rings. The van der Waals surface area contributed by atoms with Crippen molar-refractivity contribution in [3.8, 4) is 0 Å². The minimum absolute atomic E-state index is 0.0130. The number of hydrogen-bond donors (Lipinski definition) is 2. The third-order valence-electron chi connectivity index (χ3n) is 5.38. The van der Waals surface area contributed by atoms with Gasteiger partial charge in [-0.15, -0.1) is 0 Å². The van der Waals surface area contributed by atoms with Crippen LogP contribution in [0.3, 0.4) is 0 Å². The van der Waals surface area contributed by atoms with Gasteiger partial charge in [0.05, 0.1) is 22.0 Å². The summed E-state index contributed by atoms with van der Waals surface area (Å²) in [6.45, 7) is 5.24. The molecule has 0 radical (unpaired) electrons. The SMILES string of the molecule is Cc1ccc(C)c(NS(=O)(=O)c2cc(C(=O)N3CC(=O)Nc4ccccc43)ccc2C)c1. The molecule has 1 heterocycles. The summed E-state index contributed by atoms with van der Waals surface area (Å²) in [4.78, 5) is 26.8. The molecule has 0 fully saturated rings. The molecule has 8 heteroatoms. The number of nitrogens with one attached hydrogen (secondary N) is 2. The van der Waals surface area contributed by atoms with E-state index in [-0.39, 0.29) is 22.9 Å². The fraction of sp³-hybridized carbons (Fsp3) is 0.167. The Morgan fingerprint density at radius 1 is 0.969 bits per heavy atom. The Balaban J connectivity index is 1.71. The van der Waals surface area contributed by atoms with Gasteiger partial charge in [0.25, 0.3) is 15.9 Å². The molecule has 0 aliphatic carbocycles. The van der Waals surface area contributed by atoms with Crippen LogP contribution >= 0.6 is 0 Å². The van der Waals surface area contributed by atoms with Gasteiger partial charge in [-0.05, 0) is 67.8 Å². The zero-order chi connectivity index (χ0) is 23.0. The lowest BCUT2D eigenvalue weighted by molar-refractivity contribution is -0.115. The summed E-state index contributed by atoms with van der Waals surface area (Å²) in [6, 6.07) is 17.0. The van der Waals surface area contributed by atoms with Crippen LogP contribution in [0.4, 0.5) is 17.1 Å². The van der Waals surface area contributed by atoms with Gasteiger partial charge in [-0.1, -0.05) is 30.3 Å². The molecule has 0 saturated heterocycles. The van der Waals surface area contributed by atoms with Crippen molar-refractivity contribution in [1.29, 1.82) is 0 Å². The van der Waals surface area contributed by atoms with E-state index in [1.807, 2.05) is 26.0 Å². The number of benzene rings is 3. The molecule has 164 valence electrons. The molecule has 3 aromatic carbocycles. The number of hydrogen-bond acceptors (Lipinski definition) is 4. The minimum Gasteiger partial charge on any atom is -0.323 e. The second-order valence-electron chi connectivity index (χ2n) is 7.86. The number of para-hydroxylation sites is 2. The molecule has 7 nitrogen and oxygen atoms in total. The highest BCUT2D eigenvalue weighted by atomic mass is 32.2. The number of nitrogens with zero attached hydrogens (tertiary/aromatic N) is 1. The Hall–Kier alpha value is -3.65. The summed E-state index contributed by atoms with van der Waals surface area (Å²) in [7, 11) is -3.94. The van der Waals surface area contributed by atoms with Gasteiger partial charge in [0, 0.05) is 5.56 Å². The third kappa shape index (κ3) is 4.09. The number of aryl methyl sites for hydroxylation is 3. The van der Waals surface area contributed by atoms with Crippen LogP contribution in [0.2, 0.25) is 0 Å². The lowest BCUT2D eigenvalue weighted by Crippen LogP contribution is -2.42. The first-order chi connectivity index (χ1) is 15.2. The monoisotopic (exact) mass is 449 g/mol. The summed E-state index contributed by atoms with van der Waals surface area (Å²) in [5.74, 6) is -0.760. The van der Waals surface area contributed by atoms with Crippen LogP contribution in [0.5, 0.6) is 0 Å². The molecule has 0 atom stereocenters. The van der Waals surface area contributed by atoms with Crippen molar-refractivity contribution >= 4 is 38.9 Å². The van der Waals surface area contributed by atoms with E-state index in [1.54, 1.807) is 49.4 Å². The van der Waals surface area contributed by atoms with E-state index in [0.717, 1.165) is 11.1 Å². The van der Waals surface area contributed by atoms with Gasteiger partial charge < -0.3 is 5.32 Å². The smallest absolute Gasteiger partial charge is 0.262 e. The minimum atomic E-state index is -3.94. The van der Waals surface area contributed by atoms with E-state index in [0.29, 0.717) is 22.6 Å². The Bertz CT molecular complexity index is 1350. The predicted octanol–water partition coefficient (Wildman–Crippen LogP) is 4.01. The van der Waals surface area contributed by atoms with Crippen molar-refractivity contribution in [3.05, 3.63) is 82.9 Å². The summed E-state index contributed by atoms with van der Waals surface area (Å²) < 4.78 is 29.0. The fourth-order valence-corrected chi connectivity index (χ4v) is 5.03. The maximum Gasteiger partial charge on any atom is 0.262 e. The number of amides is 2. The predicted molar refractivity (Wildman–Crippen MR) is 125 cm³/mol. The lowest BCUT2D eigenvalue weighted by atomic mass is 10.1. The van der Waals surface area contributed by atoms with Crippen molar-refractivity contribution in [1.82, 2.24) is 0 Å². The molecule has 1 aliphatic rings. The maximum absolute atomic E-state index is 13.3. The van der Waals surface area contributed by atoms with E-state index in [1.165, 1.54) is 11.0 Å². The summed E-state index contributed by atoms with van der Waals surface area (Å²) in [5.41, 5.74) is 4.00. The highest BCUT2D eigenvalue weighted by Crippen LogP contribution is 2.31. The molecule has 4 rings (SSSR count). The molecular weight excluding hydrogens is 426 g/mol. The zero-order valence-electron chi connectivity index (χ0n) is 18.0. The first kappa shape index (κ1) is 21.6. The van der Waals surface area contributed by atoms with Crippen LogP contribution in [-0.4, -0.2) is 26.8 Å². The van der Waals surface area contributed by atoms with E-state index in [2.05, 4.69) is 10.0 Å². The second kappa shape index (κ2) is 8.12. The molecule has 1 aliphatic heterocycles. The van der Waals surface area contributed by atoms with E-state index in [4.69, 9.17) is 0 Å². The second-order valence-corrected chi connectivity index (χ2v) is 9.51. The maximum atomic E-state index is 13.3. The first-order valence-corrected chi connectivity index (χ1v) is 11.6. The van der Waals surface area contributed by atoms with Crippen molar-refractivity contribution < 1.29 is 18.0 Å². The normalized spacial score (nSPS) is 13.3.